The average molecular weight is 299 g/mol. The van der Waals surface area contributed by atoms with Crippen molar-refractivity contribution in [3.63, 3.8) is 0 Å². The molecule has 0 aromatic heterocycles. The van der Waals surface area contributed by atoms with E-state index in [4.69, 9.17) is 0 Å². The first-order valence-corrected chi connectivity index (χ1v) is 8.30. The Morgan fingerprint density at radius 1 is 0.955 bits per heavy atom. The summed E-state index contributed by atoms with van der Waals surface area (Å²) in [7, 11) is 0. The van der Waals surface area contributed by atoms with Crippen molar-refractivity contribution >= 4 is 0 Å². The van der Waals surface area contributed by atoms with Crippen molar-refractivity contribution in [1.29, 1.82) is 0 Å². The van der Waals surface area contributed by atoms with E-state index in [1.165, 1.54) is 16.7 Å². The smallest absolute Gasteiger partial charge is 0.0105 e. The van der Waals surface area contributed by atoms with Crippen molar-refractivity contribution in [2.75, 3.05) is 0 Å². The van der Waals surface area contributed by atoms with Gasteiger partial charge in [-0.2, -0.15) is 0 Å². The van der Waals surface area contributed by atoms with Gasteiger partial charge < -0.3 is 0 Å². The molecule has 1 aromatic rings. The van der Waals surface area contributed by atoms with Crippen LogP contribution in [0, 0.1) is 10.8 Å². The molecule has 0 fully saturated rings. The van der Waals surface area contributed by atoms with E-state index in [-0.39, 0.29) is 10.8 Å². The summed E-state index contributed by atoms with van der Waals surface area (Å²) in [5.74, 6) is 0. The minimum atomic E-state index is 0.0298. The maximum absolute atomic E-state index is 4.38. The van der Waals surface area contributed by atoms with E-state index in [1.54, 1.807) is 0 Å². The molecule has 0 saturated carbocycles. The Balaban J connectivity index is 3.03. The van der Waals surface area contributed by atoms with Crippen LogP contribution in [0.2, 0.25) is 0 Å². The molecule has 0 aliphatic heterocycles. The molecular formula is C22H34. The first-order valence-electron chi connectivity index (χ1n) is 8.30. The summed E-state index contributed by atoms with van der Waals surface area (Å²) in [6.45, 7) is 22.7. The Morgan fingerprint density at radius 2 is 1.45 bits per heavy atom. The summed E-state index contributed by atoms with van der Waals surface area (Å²) in [5, 5.41) is 0. The van der Waals surface area contributed by atoms with Crippen LogP contribution < -0.4 is 0 Å². The summed E-state index contributed by atoms with van der Waals surface area (Å²) in [4.78, 5) is 0. The molecule has 0 atom stereocenters. The Labute approximate surface area is 138 Å². The molecule has 0 heterocycles. The molecule has 0 spiro atoms. The lowest BCUT2D eigenvalue weighted by atomic mass is 9.70. The third-order valence-corrected chi connectivity index (χ3v) is 4.71. The molecule has 0 unspecified atom stereocenters. The van der Waals surface area contributed by atoms with Crippen molar-refractivity contribution in [1.82, 2.24) is 0 Å². The summed E-state index contributed by atoms with van der Waals surface area (Å²) in [6, 6.07) is 10.7. The predicted octanol–water partition coefficient (Wildman–Crippen LogP) is 6.93. The molecule has 0 aliphatic carbocycles. The van der Waals surface area contributed by atoms with E-state index < -0.39 is 0 Å². The maximum atomic E-state index is 4.38. The highest BCUT2D eigenvalue weighted by atomic mass is 14.3. The van der Waals surface area contributed by atoms with Gasteiger partial charge in [-0.25, -0.2) is 0 Å². The molecule has 22 heavy (non-hydrogen) atoms. The molecule has 0 radical (unpaired) electrons. The zero-order chi connectivity index (χ0) is 17.2. The van der Waals surface area contributed by atoms with E-state index in [0.29, 0.717) is 5.41 Å². The quantitative estimate of drug-likeness (QED) is 0.517. The van der Waals surface area contributed by atoms with E-state index in [2.05, 4.69) is 98.4 Å². The van der Waals surface area contributed by atoms with Gasteiger partial charge in [0.2, 0.25) is 0 Å². The molecule has 0 nitrogen and oxygen atoms in total. The van der Waals surface area contributed by atoms with Crippen LogP contribution in [0.3, 0.4) is 0 Å². The Hall–Kier alpha value is -1.30. The second kappa shape index (κ2) is 6.44. The van der Waals surface area contributed by atoms with Crippen LogP contribution in [0.15, 0.2) is 54.1 Å². The highest BCUT2D eigenvalue weighted by Crippen LogP contribution is 2.40. The normalized spacial score (nSPS) is 14.1. The molecule has 1 rings (SSSR count). The van der Waals surface area contributed by atoms with Crippen molar-refractivity contribution in [2.24, 2.45) is 10.8 Å². The summed E-state index contributed by atoms with van der Waals surface area (Å²) < 4.78 is 0. The molecule has 0 amide bonds. The molecule has 0 aliphatic rings. The molecule has 1 aromatic carbocycles. The molecular weight excluding hydrogens is 264 g/mol. The van der Waals surface area contributed by atoms with Crippen molar-refractivity contribution in [2.45, 2.75) is 67.2 Å². The summed E-state index contributed by atoms with van der Waals surface area (Å²) >= 11 is 0. The van der Waals surface area contributed by atoms with Gasteiger partial charge in [-0.15, -0.1) is 0 Å². The van der Waals surface area contributed by atoms with Crippen molar-refractivity contribution in [3.05, 3.63) is 59.7 Å². The van der Waals surface area contributed by atoms with Gasteiger partial charge in [0.25, 0.3) is 0 Å². The fraction of sp³-hybridized carbons (Fsp3) is 0.545. The Kier molecular flexibility index (Phi) is 5.49. The monoisotopic (exact) mass is 298 g/mol. The second-order valence-electron chi connectivity index (χ2n) is 8.96. The fourth-order valence-corrected chi connectivity index (χ4v) is 3.16. The van der Waals surface area contributed by atoms with Crippen LogP contribution in [0.5, 0.6) is 0 Å². The van der Waals surface area contributed by atoms with Crippen molar-refractivity contribution < 1.29 is 0 Å². The summed E-state index contributed by atoms with van der Waals surface area (Å²) in [6.07, 6.45) is 3.44. The number of benzene rings is 1. The van der Waals surface area contributed by atoms with E-state index in [0.717, 1.165) is 6.42 Å². The molecule has 0 saturated heterocycles. The SMILES string of the molecule is C=C(C=C(C)C(C)(C)c1ccccc1)C(C)(C)CC(C)(C)C. The molecule has 122 valence electrons. The minimum absolute atomic E-state index is 0.0298. The lowest BCUT2D eigenvalue weighted by Gasteiger charge is -2.34. The van der Waals surface area contributed by atoms with Crippen LogP contribution in [-0.4, -0.2) is 0 Å². The third-order valence-electron chi connectivity index (χ3n) is 4.71. The van der Waals surface area contributed by atoms with Crippen LogP contribution in [0.1, 0.15) is 67.4 Å². The first-order chi connectivity index (χ1) is 9.86. The van der Waals surface area contributed by atoms with E-state index >= 15 is 0 Å². The van der Waals surface area contributed by atoms with Gasteiger partial charge in [0.15, 0.2) is 0 Å². The lowest BCUT2D eigenvalue weighted by molar-refractivity contribution is 0.254. The minimum Gasteiger partial charge on any atom is -0.0953 e. The van der Waals surface area contributed by atoms with Crippen LogP contribution >= 0.6 is 0 Å². The molecule has 0 N–H and O–H groups in total. The zero-order valence-corrected chi connectivity index (χ0v) is 15.9. The Bertz CT molecular complexity index is 533. The number of rotatable bonds is 5. The predicted molar refractivity (Wildman–Crippen MR) is 100 cm³/mol. The zero-order valence-electron chi connectivity index (χ0n) is 15.9. The van der Waals surface area contributed by atoms with E-state index in [1.807, 2.05) is 0 Å². The number of hydrogen-bond donors (Lipinski definition) is 0. The van der Waals surface area contributed by atoms with Gasteiger partial charge in [-0.3, -0.25) is 0 Å². The van der Waals surface area contributed by atoms with Crippen LogP contribution in [0.4, 0.5) is 0 Å². The maximum Gasteiger partial charge on any atom is 0.0105 e. The highest BCUT2D eigenvalue weighted by Gasteiger charge is 2.29. The topological polar surface area (TPSA) is 0 Å². The second-order valence-corrected chi connectivity index (χ2v) is 8.96. The average Bonchev–Trinajstić information content (AvgIpc) is 2.36. The van der Waals surface area contributed by atoms with E-state index in [9.17, 15) is 0 Å². The van der Waals surface area contributed by atoms with Crippen LogP contribution in [0.25, 0.3) is 0 Å². The molecule has 0 bridgehead atoms. The highest BCUT2D eigenvalue weighted by molar-refractivity contribution is 5.38. The standard InChI is InChI=1S/C22H34/c1-17(21(6,7)16-20(3,4)5)15-18(2)22(8,9)19-13-11-10-12-14-19/h10-15H,1,16H2,2-9H3. The van der Waals surface area contributed by atoms with Crippen molar-refractivity contribution in [3.8, 4) is 0 Å². The van der Waals surface area contributed by atoms with Gasteiger partial charge in [-0.05, 0) is 35.3 Å². The summed E-state index contributed by atoms with van der Waals surface area (Å²) in [5.41, 5.74) is 4.40. The third kappa shape index (κ3) is 4.87. The largest absolute Gasteiger partial charge is 0.0953 e. The van der Waals surface area contributed by atoms with Gasteiger partial charge in [0.1, 0.15) is 0 Å². The van der Waals surface area contributed by atoms with Gasteiger partial charge in [0.05, 0.1) is 0 Å². The lowest BCUT2D eigenvalue weighted by Crippen LogP contribution is -2.23. The Morgan fingerprint density at radius 3 is 1.91 bits per heavy atom. The number of hydrogen-bond acceptors (Lipinski definition) is 0. The van der Waals surface area contributed by atoms with Gasteiger partial charge in [0, 0.05) is 5.41 Å². The molecule has 0 heteroatoms. The number of allylic oxidation sites excluding steroid dienone is 3. The first kappa shape index (κ1) is 18.7. The van der Waals surface area contributed by atoms with Gasteiger partial charge >= 0.3 is 0 Å². The van der Waals surface area contributed by atoms with Crippen LogP contribution in [-0.2, 0) is 5.41 Å². The van der Waals surface area contributed by atoms with Gasteiger partial charge in [-0.1, -0.05) is 97.0 Å². The fourth-order valence-electron chi connectivity index (χ4n) is 3.16.